The van der Waals surface area contributed by atoms with Crippen molar-refractivity contribution in [1.29, 1.82) is 0 Å². The minimum absolute atomic E-state index is 0.100. The molecule has 0 fully saturated rings. The van der Waals surface area contributed by atoms with Gasteiger partial charge in [0.25, 0.3) is 0 Å². The van der Waals surface area contributed by atoms with Crippen molar-refractivity contribution in [2.45, 2.75) is 18.8 Å². The molecular weight excluding hydrogens is 314 g/mol. The summed E-state index contributed by atoms with van der Waals surface area (Å²) in [5.41, 5.74) is 3.99. The summed E-state index contributed by atoms with van der Waals surface area (Å²) in [6.45, 7) is 0.552. The van der Waals surface area contributed by atoms with E-state index in [2.05, 4.69) is 21.7 Å². The molecule has 1 unspecified atom stereocenters. The Labute approximate surface area is 145 Å². The summed E-state index contributed by atoms with van der Waals surface area (Å²) in [5, 5.41) is 6.94. The standard InChI is InChI=1S/C20H19N3O2/c24-19(11-16-15-6-2-4-8-18(15)23-20(16)25)21-10-9-13-12-22-17-7-3-1-5-14(13)17/h1-8,12,16,22H,9-11H2,(H,21,24)(H,23,25). The van der Waals surface area contributed by atoms with E-state index >= 15 is 0 Å². The molecule has 0 aliphatic carbocycles. The predicted octanol–water partition coefficient (Wildman–Crippen LogP) is 2.95. The zero-order valence-electron chi connectivity index (χ0n) is 13.7. The van der Waals surface area contributed by atoms with Crippen LogP contribution in [0.25, 0.3) is 10.9 Å². The van der Waals surface area contributed by atoms with E-state index in [1.54, 1.807) is 0 Å². The van der Waals surface area contributed by atoms with E-state index in [1.165, 1.54) is 10.9 Å². The van der Waals surface area contributed by atoms with Crippen LogP contribution in [0.4, 0.5) is 5.69 Å². The van der Waals surface area contributed by atoms with E-state index in [1.807, 2.05) is 48.7 Å². The van der Waals surface area contributed by atoms with Gasteiger partial charge in [0.2, 0.25) is 11.8 Å². The Balaban J connectivity index is 1.35. The molecule has 1 aromatic heterocycles. The summed E-state index contributed by atoms with van der Waals surface area (Å²) in [5.74, 6) is -0.603. The van der Waals surface area contributed by atoms with Crippen LogP contribution >= 0.6 is 0 Å². The summed E-state index contributed by atoms with van der Waals surface area (Å²) in [6.07, 6.45) is 2.91. The zero-order chi connectivity index (χ0) is 17.2. The lowest BCUT2D eigenvalue weighted by atomic mass is 9.97. The van der Waals surface area contributed by atoms with Crippen LogP contribution in [0, 0.1) is 0 Å². The average Bonchev–Trinajstić information content (AvgIpc) is 3.17. The summed E-state index contributed by atoms with van der Waals surface area (Å²) in [4.78, 5) is 27.6. The highest BCUT2D eigenvalue weighted by atomic mass is 16.2. The van der Waals surface area contributed by atoms with Gasteiger partial charge >= 0.3 is 0 Å². The monoisotopic (exact) mass is 333 g/mol. The molecule has 1 aliphatic heterocycles. The van der Waals surface area contributed by atoms with E-state index in [0.29, 0.717) is 6.54 Å². The van der Waals surface area contributed by atoms with E-state index in [-0.39, 0.29) is 18.2 Å². The van der Waals surface area contributed by atoms with Crippen LogP contribution in [0.2, 0.25) is 0 Å². The van der Waals surface area contributed by atoms with Gasteiger partial charge in [-0.3, -0.25) is 9.59 Å². The third-order valence-corrected chi connectivity index (χ3v) is 4.69. The van der Waals surface area contributed by atoms with E-state index in [9.17, 15) is 9.59 Å². The summed E-state index contributed by atoms with van der Waals surface area (Å²) in [6, 6.07) is 15.6. The third-order valence-electron chi connectivity index (χ3n) is 4.69. The van der Waals surface area contributed by atoms with Crippen LogP contribution in [0.3, 0.4) is 0 Å². The van der Waals surface area contributed by atoms with E-state index in [0.717, 1.165) is 23.2 Å². The number of carbonyl (C=O) groups excluding carboxylic acids is 2. The molecule has 2 aromatic carbocycles. The second-order valence-corrected chi connectivity index (χ2v) is 6.29. The number of hydrogen-bond donors (Lipinski definition) is 3. The largest absolute Gasteiger partial charge is 0.361 e. The maximum atomic E-state index is 12.2. The maximum Gasteiger partial charge on any atom is 0.232 e. The van der Waals surface area contributed by atoms with Gasteiger partial charge in [0.15, 0.2) is 0 Å². The molecule has 0 saturated heterocycles. The van der Waals surface area contributed by atoms with Gasteiger partial charge in [-0.25, -0.2) is 0 Å². The van der Waals surface area contributed by atoms with Gasteiger partial charge in [-0.1, -0.05) is 36.4 Å². The van der Waals surface area contributed by atoms with Gasteiger partial charge < -0.3 is 15.6 Å². The first-order chi connectivity index (χ1) is 12.2. The van der Waals surface area contributed by atoms with Crippen molar-refractivity contribution in [1.82, 2.24) is 10.3 Å². The zero-order valence-corrected chi connectivity index (χ0v) is 13.7. The molecule has 1 aliphatic rings. The molecule has 0 spiro atoms. The molecule has 126 valence electrons. The number of fused-ring (bicyclic) bond motifs is 2. The van der Waals surface area contributed by atoms with Crippen molar-refractivity contribution in [2.24, 2.45) is 0 Å². The number of rotatable bonds is 5. The van der Waals surface area contributed by atoms with Crippen LogP contribution in [0.15, 0.2) is 54.7 Å². The van der Waals surface area contributed by atoms with Gasteiger partial charge in [0.05, 0.1) is 5.92 Å². The molecule has 5 nitrogen and oxygen atoms in total. The third kappa shape index (κ3) is 3.01. The number of amides is 2. The van der Waals surface area contributed by atoms with E-state index < -0.39 is 5.92 Å². The number of H-pyrrole nitrogens is 1. The highest BCUT2D eigenvalue weighted by Gasteiger charge is 2.31. The molecule has 5 heteroatoms. The quantitative estimate of drug-likeness (QED) is 0.671. The fourth-order valence-corrected chi connectivity index (χ4v) is 3.41. The summed E-state index contributed by atoms with van der Waals surface area (Å²) >= 11 is 0. The highest BCUT2D eigenvalue weighted by molar-refractivity contribution is 6.04. The van der Waals surface area contributed by atoms with Crippen molar-refractivity contribution in [2.75, 3.05) is 11.9 Å². The molecule has 0 saturated carbocycles. The van der Waals surface area contributed by atoms with Crippen molar-refractivity contribution in [3.63, 3.8) is 0 Å². The Morgan fingerprint density at radius 2 is 1.88 bits per heavy atom. The van der Waals surface area contributed by atoms with Gasteiger partial charge in [-0.05, 0) is 29.7 Å². The van der Waals surface area contributed by atoms with Crippen molar-refractivity contribution >= 4 is 28.4 Å². The maximum absolute atomic E-state index is 12.2. The first-order valence-corrected chi connectivity index (χ1v) is 8.44. The molecule has 3 N–H and O–H groups in total. The number of para-hydroxylation sites is 2. The van der Waals surface area contributed by atoms with Gasteiger partial charge in [-0.2, -0.15) is 0 Å². The van der Waals surface area contributed by atoms with Crippen molar-refractivity contribution in [3.8, 4) is 0 Å². The average molecular weight is 333 g/mol. The number of carbonyl (C=O) groups is 2. The van der Waals surface area contributed by atoms with Gasteiger partial charge in [-0.15, -0.1) is 0 Å². The number of nitrogens with one attached hydrogen (secondary N) is 3. The SMILES string of the molecule is O=C(CC1C(=O)Nc2ccccc21)NCCc1c[nH]c2ccccc12. The molecule has 3 aromatic rings. The molecule has 4 rings (SSSR count). The number of aromatic nitrogens is 1. The molecule has 0 bridgehead atoms. The molecule has 2 heterocycles. The van der Waals surface area contributed by atoms with Gasteiger partial charge in [0, 0.05) is 35.8 Å². The Bertz CT molecular complexity index is 945. The van der Waals surface area contributed by atoms with Crippen LogP contribution in [0.5, 0.6) is 0 Å². The van der Waals surface area contributed by atoms with Crippen molar-refractivity contribution < 1.29 is 9.59 Å². The van der Waals surface area contributed by atoms with Crippen LogP contribution in [-0.2, 0) is 16.0 Å². The molecule has 25 heavy (non-hydrogen) atoms. The Hall–Kier alpha value is -3.08. The lowest BCUT2D eigenvalue weighted by Crippen LogP contribution is -2.28. The second-order valence-electron chi connectivity index (χ2n) is 6.29. The lowest BCUT2D eigenvalue weighted by Gasteiger charge is -2.09. The molecular formula is C20H19N3O2. The summed E-state index contributed by atoms with van der Waals surface area (Å²) in [7, 11) is 0. The number of hydrogen-bond acceptors (Lipinski definition) is 2. The number of anilines is 1. The predicted molar refractivity (Wildman–Crippen MR) is 97.4 cm³/mol. The van der Waals surface area contributed by atoms with Crippen LogP contribution in [0.1, 0.15) is 23.5 Å². The Morgan fingerprint density at radius 1 is 1.08 bits per heavy atom. The van der Waals surface area contributed by atoms with Crippen LogP contribution in [-0.4, -0.2) is 23.3 Å². The van der Waals surface area contributed by atoms with Crippen molar-refractivity contribution in [3.05, 3.63) is 65.9 Å². The summed E-state index contributed by atoms with van der Waals surface area (Å²) < 4.78 is 0. The minimum Gasteiger partial charge on any atom is -0.361 e. The molecule has 2 amide bonds. The smallest absolute Gasteiger partial charge is 0.232 e. The topological polar surface area (TPSA) is 74.0 Å². The first kappa shape index (κ1) is 15.4. The second kappa shape index (κ2) is 6.43. The lowest BCUT2D eigenvalue weighted by molar-refractivity contribution is -0.125. The minimum atomic E-state index is -0.399. The molecule has 0 radical (unpaired) electrons. The first-order valence-electron chi connectivity index (χ1n) is 8.44. The fourth-order valence-electron chi connectivity index (χ4n) is 3.41. The molecule has 1 atom stereocenters. The Kier molecular flexibility index (Phi) is 3.98. The number of aromatic amines is 1. The Morgan fingerprint density at radius 3 is 2.80 bits per heavy atom. The fraction of sp³-hybridized carbons (Fsp3) is 0.200. The van der Waals surface area contributed by atoms with E-state index in [4.69, 9.17) is 0 Å². The number of benzene rings is 2. The van der Waals surface area contributed by atoms with Gasteiger partial charge in [0.1, 0.15) is 0 Å². The van der Waals surface area contributed by atoms with Crippen LogP contribution < -0.4 is 10.6 Å². The normalized spacial score (nSPS) is 15.8. The highest BCUT2D eigenvalue weighted by Crippen LogP contribution is 2.34.